The van der Waals surface area contributed by atoms with Crippen molar-refractivity contribution in [3.63, 3.8) is 0 Å². The minimum atomic E-state index is -0.377. The zero-order valence-electron chi connectivity index (χ0n) is 17.1. The Hall–Kier alpha value is -1.79. The van der Waals surface area contributed by atoms with E-state index < -0.39 is 0 Å². The first-order valence-corrected chi connectivity index (χ1v) is 10.2. The number of ether oxygens (including phenoxy) is 1. The molecule has 0 radical (unpaired) electrons. The molecule has 0 bridgehead atoms. The summed E-state index contributed by atoms with van der Waals surface area (Å²) in [5, 5.41) is 4.76. The van der Waals surface area contributed by atoms with Gasteiger partial charge in [-0.15, -0.1) is 0 Å². The van der Waals surface area contributed by atoms with E-state index in [2.05, 4.69) is 31.1 Å². The number of carbonyl (C=O) groups is 1. The normalized spacial score (nSPS) is 24.4. The van der Waals surface area contributed by atoms with Gasteiger partial charge in [-0.05, 0) is 36.6 Å². The highest BCUT2D eigenvalue weighted by molar-refractivity contribution is 5.72. The average molecular weight is 376 g/mol. The van der Waals surface area contributed by atoms with Crippen molar-refractivity contribution in [3.05, 3.63) is 23.8 Å². The molecule has 2 aliphatic rings. The molecule has 0 spiro atoms. The summed E-state index contributed by atoms with van der Waals surface area (Å²) in [6.07, 6.45) is 6.44. The number of fused-ring (bicyclic) bond motifs is 3. The van der Waals surface area contributed by atoms with Gasteiger partial charge < -0.3 is 15.0 Å². The first-order chi connectivity index (χ1) is 13.0. The number of likely N-dealkylation sites (N-methyl/N-ethyl adjacent to an activating group) is 1. The summed E-state index contributed by atoms with van der Waals surface area (Å²) in [5.74, 6) is 0.589. The van der Waals surface area contributed by atoms with Crippen molar-refractivity contribution in [2.75, 3.05) is 32.1 Å². The predicted octanol–water partition coefficient (Wildman–Crippen LogP) is 4.05. The van der Waals surface area contributed by atoms with Crippen LogP contribution in [-0.2, 0) is 10.3 Å². The number of rotatable bonds is 7. The highest BCUT2D eigenvalue weighted by Gasteiger charge is 2.50. The second kappa shape index (κ2) is 8.48. The van der Waals surface area contributed by atoms with Crippen LogP contribution in [0.1, 0.15) is 57.9 Å². The van der Waals surface area contributed by atoms with Crippen molar-refractivity contribution in [1.82, 2.24) is 10.4 Å². The van der Waals surface area contributed by atoms with Gasteiger partial charge in [0.1, 0.15) is 5.75 Å². The summed E-state index contributed by atoms with van der Waals surface area (Å²) in [5.41, 5.74) is 2.22. The Morgan fingerprint density at radius 3 is 2.85 bits per heavy atom. The van der Waals surface area contributed by atoms with E-state index >= 15 is 0 Å². The fourth-order valence-electron chi connectivity index (χ4n) is 4.15. The number of hydrogen-bond acceptors (Lipinski definition) is 5. The van der Waals surface area contributed by atoms with Crippen LogP contribution in [0.2, 0.25) is 0 Å². The minimum Gasteiger partial charge on any atom is -0.410 e. The minimum absolute atomic E-state index is 0.0292. The van der Waals surface area contributed by atoms with Crippen molar-refractivity contribution in [2.24, 2.45) is 0 Å². The topological polar surface area (TPSA) is 54.0 Å². The molecule has 0 aromatic heterocycles. The van der Waals surface area contributed by atoms with Gasteiger partial charge in [-0.2, -0.15) is 5.06 Å². The Morgan fingerprint density at radius 1 is 1.30 bits per heavy atom. The third-order valence-corrected chi connectivity index (χ3v) is 5.85. The fourth-order valence-corrected chi connectivity index (χ4v) is 4.15. The Labute approximate surface area is 162 Å². The monoisotopic (exact) mass is 375 g/mol. The number of benzene rings is 1. The van der Waals surface area contributed by atoms with E-state index in [0.29, 0.717) is 12.3 Å². The standard InChI is InChI=1S/C21H33N3O3/c1-5-6-7-8-9-13-22-20(25)26-16-10-11-18-17(15-16)21(2)12-14-23(3)27-19(21)24(18)4/h10-11,15,19H,5-9,12-14H2,1-4H3,(H,22,25). The lowest BCUT2D eigenvalue weighted by Gasteiger charge is -2.42. The van der Waals surface area contributed by atoms with Crippen molar-refractivity contribution < 1.29 is 14.4 Å². The van der Waals surface area contributed by atoms with Crippen LogP contribution in [-0.4, -0.2) is 44.6 Å². The third-order valence-electron chi connectivity index (χ3n) is 5.85. The summed E-state index contributed by atoms with van der Waals surface area (Å²) in [6, 6.07) is 5.89. The zero-order valence-corrected chi connectivity index (χ0v) is 17.1. The van der Waals surface area contributed by atoms with Crippen LogP contribution in [0.5, 0.6) is 5.75 Å². The largest absolute Gasteiger partial charge is 0.412 e. The van der Waals surface area contributed by atoms with Crippen LogP contribution in [0.4, 0.5) is 10.5 Å². The van der Waals surface area contributed by atoms with E-state index in [-0.39, 0.29) is 17.7 Å². The molecule has 2 heterocycles. The zero-order chi connectivity index (χ0) is 19.4. The molecule has 2 aliphatic heterocycles. The number of hydrogen-bond donors (Lipinski definition) is 1. The molecule has 6 nitrogen and oxygen atoms in total. The number of nitrogens with one attached hydrogen (secondary N) is 1. The van der Waals surface area contributed by atoms with Crippen molar-refractivity contribution >= 4 is 11.8 Å². The van der Waals surface area contributed by atoms with Crippen LogP contribution >= 0.6 is 0 Å². The molecule has 1 amide bonds. The quantitative estimate of drug-likeness (QED) is 0.729. The maximum atomic E-state index is 12.1. The molecule has 0 aliphatic carbocycles. The van der Waals surface area contributed by atoms with Crippen molar-refractivity contribution in [1.29, 1.82) is 0 Å². The van der Waals surface area contributed by atoms with E-state index in [1.54, 1.807) is 0 Å². The van der Waals surface area contributed by atoms with Crippen LogP contribution in [0.3, 0.4) is 0 Å². The van der Waals surface area contributed by atoms with E-state index in [1.807, 2.05) is 30.3 Å². The first kappa shape index (κ1) is 20.0. The average Bonchev–Trinajstić information content (AvgIpc) is 2.86. The van der Waals surface area contributed by atoms with Crippen LogP contribution < -0.4 is 15.0 Å². The molecule has 2 unspecified atom stereocenters. The summed E-state index contributed by atoms with van der Waals surface area (Å²) < 4.78 is 5.53. The third kappa shape index (κ3) is 4.22. The van der Waals surface area contributed by atoms with Gasteiger partial charge in [0.05, 0.1) is 0 Å². The number of amides is 1. The molecule has 27 heavy (non-hydrogen) atoms. The lowest BCUT2D eigenvalue weighted by Crippen LogP contribution is -2.52. The van der Waals surface area contributed by atoms with E-state index in [9.17, 15) is 4.79 Å². The highest BCUT2D eigenvalue weighted by atomic mass is 16.7. The molecule has 6 heteroatoms. The number of carbonyl (C=O) groups excluding carboxylic acids is 1. The molecule has 0 saturated carbocycles. The number of unbranched alkanes of at least 4 members (excludes halogenated alkanes) is 4. The van der Waals surface area contributed by atoms with E-state index in [1.165, 1.54) is 24.8 Å². The molecule has 2 atom stereocenters. The maximum Gasteiger partial charge on any atom is 0.412 e. The summed E-state index contributed by atoms with van der Waals surface area (Å²) in [6.45, 7) is 5.97. The van der Waals surface area contributed by atoms with Crippen molar-refractivity contribution in [2.45, 2.75) is 64.0 Å². The maximum absolute atomic E-state index is 12.1. The molecule has 1 saturated heterocycles. The highest BCUT2D eigenvalue weighted by Crippen LogP contribution is 2.50. The first-order valence-electron chi connectivity index (χ1n) is 10.2. The lowest BCUT2D eigenvalue weighted by molar-refractivity contribution is -0.226. The fraction of sp³-hybridized carbons (Fsp3) is 0.667. The SMILES string of the molecule is CCCCCCCNC(=O)Oc1ccc2c(c1)C1(C)CCN(C)OC1N2C. The molecule has 1 aromatic carbocycles. The Kier molecular flexibility index (Phi) is 6.27. The number of nitrogens with zero attached hydrogens (tertiary/aromatic N) is 2. The summed E-state index contributed by atoms with van der Waals surface area (Å²) in [7, 11) is 4.03. The van der Waals surface area contributed by atoms with Gasteiger partial charge in [0.2, 0.25) is 0 Å². The molecular weight excluding hydrogens is 342 g/mol. The van der Waals surface area contributed by atoms with Crippen LogP contribution in [0, 0.1) is 0 Å². The summed E-state index contributed by atoms with van der Waals surface area (Å²) in [4.78, 5) is 20.3. The smallest absolute Gasteiger partial charge is 0.410 e. The molecule has 3 rings (SSSR count). The van der Waals surface area contributed by atoms with Gasteiger partial charge in [0.15, 0.2) is 6.23 Å². The Bertz CT molecular complexity index is 666. The van der Waals surface area contributed by atoms with Crippen molar-refractivity contribution in [3.8, 4) is 5.75 Å². The molecule has 1 fully saturated rings. The Balaban J connectivity index is 1.59. The molecule has 1 N–H and O–H groups in total. The summed E-state index contributed by atoms with van der Waals surface area (Å²) >= 11 is 0. The van der Waals surface area contributed by atoms with E-state index in [4.69, 9.17) is 9.57 Å². The second-order valence-electron chi connectivity index (χ2n) is 8.00. The van der Waals surface area contributed by atoms with Gasteiger partial charge >= 0.3 is 6.09 Å². The van der Waals surface area contributed by atoms with Gasteiger partial charge in [0, 0.05) is 38.3 Å². The number of anilines is 1. The molecule has 150 valence electrons. The van der Waals surface area contributed by atoms with Gasteiger partial charge in [-0.3, -0.25) is 4.84 Å². The number of hydroxylamine groups is 2. The van der Waals surface area contributed by atoms with E-state index in [0.717, 1.165) is 31.5 Å². The van der Waals surface area contributed by atoms with Gasteiger partial charge in [-0.1, -0.05) is 39.5 Å². The molecule has 1 aromatic rings. The second-order valence-corrected chi connectivity index (χ2v) is 8.00. The van der Waals surface area contributed by atoms with Crippen LogP contribution in [0.15, 0.2) is 18.2 Å². The Morgan fingerprint density at radius 2 is 2.07 bits per heavy atom. The van der Waals surface area contributed by atoms with Crippen LogP contribution in [0.25, 0.3) is 0 Å². The predicted molar refractivity (Wildman–Crippen MR) is 107 cm³/mol. The van der Waals surface area contributed by atoms with Gasteiger partial charge in [0.25, 0.3) is 0 Å². The van der Waals surface area contributed by atoms with Gasteiger partial charge in [-0.25, -0.2) is 4.79 Å². The lowest BCUT2D eigenvalue weighted by atomic mass is 9.79. The molecular formula is C21H33N3O3.